The minimum Gasteiger partial charge on any atom is -0.299 e. The summed E-state index contributed by atoms with van der Waals surface area (Å²) in [6.07, 6.45) is 0. The van der Waals surface area contributed by atoms with Crippen molar-refractivity contribution in [3.05, 3.63) is 65.2 Å². The molecule has 2 aromatic carbocycles. The second kappa shape index (κ2) is 6.75. The molecule has 0 bridgehead atoms. The van der Waals surface area contributed by atoms with Gasteiger partial charge in [0.1, 0.15) is 6.07 Å². The average molecular weight is 382 g/mol. The molecule has 6 heteroatoms. The Morgan fingerprint density at radius 2 is 1.74 bits per heavy atom. The zero-order valence-electron chi connectivity index (χ0n) is 15.5. The van der Waals surface area contributed by atoms with E-state index in [4.69, 9.17) is 0 Å². The normalized spacial score (nSPS) is 26.0. The van der Waals surface area contributed by atoms with E-state index in [0.717, 1.165) is 6.54 Å². The van der Waals surface area contributed by atoms with Gasteiger partial charge in [0.15, 0.2) is 0 Å². The number of benzene rings is 2. The van der Waals surface area contributed by atoms with Crippen LogP contribution in [0.2, 0.25) is 0 Å². The molecule has 4 rings (SSSR count). The summed E-state index contributed by atoms with van der Waals surface area (Å²) >= 11 is 0. The predicted molar refractivity (Wildman–Crippen MR) is 103 cm³/mol. The fourth-order valence-electron chi connectivity index (χ4n) is 4.72. The lowest BCUT2D eigenvalue weighted by molar-refractivity contribution is 0.260. The first-order valence-electron chi connectivity index (χ1n) is 9.18. The number of likely N-dealkylation sites (tertiary alicyclic amines) is 1. The summed E-state index contributed by atoms with van der Waals surface area (Å²) in [7, 11) is -1.54. The van der Waals surface area contributed by atoms with E-state index in [2.05, 4.69) is 37.1 Å². The van der Waals surface area contributed by atoms with Crippen LogP contribution in [0.25, 0.3) is 0 Å². The fraction of sp³-hybridized carbons (Fsp3) is 0.381. The van der Waals surface area contributed by atoms with Crippen molar-refractivity contribution in [3.63, 3.8) is 0 Å². The molecule has 0 unspecified atom stereocenters. The lowest BCUT2D eigenvalue weighted by atomic mass is 9.88. The Labute approximate surface area is 160 Å². The molecule has 27 heavy (non-hydrogen) atoms. The highest BCUT2D eigenvalue weighted by atomic mass is 32.2. The predicted octanol–water partition coefficient (Wildman–Crippen LogP) is 2.79. The van der Waals surface area contributed by atoms with Crippen LogP contribution in [-0.2, 0) is 10.0 Å². The highest BCUT2D eigenvalue weighted by molar-refractivity contribution is 7.89. The highest BCUT2D eigenvalue weighted by Crippen LogP contribution is 2.46. The molecule has 2 heterocycles. The summed E-state index contributed by atoms with van der Waals surface area (Å²) in [6.45, 7) is 4.01. The van der Waals surface area contributed by atoms with Crippen LogP contribution >= 0.6 is 0 Å². The number of hydrogen-bond donors (Lipinski definition) is 0. The van der Waals surface area contributed by atoms with E-state index >= 15 is 0 Å². The first kappa shape index (κ1) is 18.2. The minimum atomic E-state index is -3.66. The zero-order valence-corrected chi connectivity index (χ0v) is 16.4. The van der Waals surface area contributed by atoms with E-state index in [0.29, 0.717) is 19.0 Å². The van der Waals surface area contributed by atoms with Crippen molar-refractivity contribution in [2.75, 3.05) is 26.7 Å². The molecule has 2 aliphatic heterocycles. The van der Waals surface area contributed by atoms with Gasteiger partial charge in [0.2, 0.25) is 10.0 Å². The lowest BCUT2D eigenvalue weighted by Crippen LogP contribution is -2.34. The molecule has 0 spiro atoms. The Morgan fingerprint density at radius 3 is 2.48 bits per heavy atom. The molecule has 3 atom stereocenters. The van der Waals surface area contributed by atoms with Crippen molar-refractivity contribution in [1.29, 1.82) is 5.26 Å². The number of fused-ring (bicyclic) bond motifs is 1. The maximum atomic E-state index is 13.2. The van der Waals surface area contributed by atoms with Crippen LogP contribution in [0.5, 0.6) is 0 Å². The van der Waals surface area contributed by atoms with Crippen LogP contribution in [0.4, 0.5) is 0 Å². The number of aryl methyl sites for hydroxylation is 1. The van der Waals surface area contributed by atoms with Crippen molar-refractivity contribution in [2.45, 2.75) is 17.9 Å². The Bertz CT molecular complexity index is 1010. The van der Waals surface area contributed by atoms with E-state index < -0.39 is 10.0 Å². The third kappa shape index (κ3) is 2.96. The maximum Gasteiger partial charge on any atom is 0.244 e. The molecule has 0 saturated carbocycles. The first-order valence-corrected chi connectivity index (χ1v) is 10.6. The minimum absolute atomic E-state index is 0.119. The molecule has 2 saturated heterocycles. The van der Waals surface area contributed by atoms with Gasteiger partial charge in [0.05, 0.1) is 10.5 Å². The number of nitrogens with zero attached hydrogens (tertiary/aromatic N) is 3. The summed E-state index contributed by atoms with van der Waals surface area (Å²) in [5, 5.41) is 9.30. The lowest BCUT2D eigenvalue weighted by Gasteiger charge is -2.28. The van der Waals surface area contributed by atoms with Gasteiger partial charge in [-0.05, 0) is 49.1 Å². The summed E-state index contributed by atoms with van der Waals surface area (Å²) in [5.41, 5.74) is 2.73. The van der Waals surface area contributed by atoms with Crippen LogP contribution in [0.15, 0.2) is 53.4 Å². The van der Waals surface area contributed by atoms with Crippen molar-refractivity contribution in [3.8, 4) is 6.07 Å². The summed E-state index contributed by atoms with van der Waals surface area (Å²) < 4.78 is 28.0. The van der Waals surface area contributed by atoms with Gasteiger partial charge in [-0.1, -0.05) is 36.4 Å². The van der Waals surface area contributed by atoms with Crippen molar-refractivity contribution in [2.24, 2.45) is 11.8 Å². The molecule has 0 aromatic heterocycles. The molecule has 140 valence electrons. The van der Waals surface area contributed by atoms with E-state index in [9.17, 15) is 13.7 Å². The van der Waals surface area contributed by atoms with Gasteiger partial charge in [0, 0.05) is 25.7 Å². The Morgan fingerprint density at radius 1 is 1.04 bits per heavy atom. The van der Waals surface area contributed by atoms with Gasteiger partial charge in [0.25, 0.3) is 0 Å². The molecule has 0 N–H and O–H groups in total. The molecule has 5 nitrogen and oxygen atoms in total. The third-order valence-electron chi connectivity index (χ3n) is 5.99. The van der Waals surface area contributed by atoms with Gasteiger partial charge < -0.3 is 0 Å². The fourth-order valence-corrected chi connectivity index (χ4v) is 6.40. The van der Waals surface area contributed by atoms with Crippen LogP contribution in [0, 0.1) is 30.1 Å². The maximum absolute atomic E-state index is 13.2. The largest absolute Gasteiger partial charge is 0.299 e. The van der Waals surface area contributed by atoms with Gasteiger partial charge in [-0.15, -0.1) is 0 Å². The molecular formula is C21H23N3O2S. The van der Waals surface area contributed by atoms with Crippen molar-refractivity contribution >= 4 is 10.0 Å². The molecular weight excluding hydrogens is 358 g/mol. The van der Waals surface area contributed by atoms with E-state index in [1.165, 1.54) is 17.2 Å². The van der Waals surface area contributed by atoms with Crippen LogP contribution < -0.4 is 0 Å². The van der Waals surface area contributed by atoms with Gasteiger partial charge in [-0.25, -0.2) is 8.42 Å². The molecule has 2 fully saturated rings. The van der Waals surface area contributed by atoms with E-state index in [1.54, 1.807) is 22.5 Å². The van der Waals surface area contributed by atoms with Gasteiger partial charge in [-0.2, -0.15) is 9.57 Å². The Balaban J connectivity index is 1.66. The molecule has 2 aliphatic rings. The van der Waals surface area contributed by atoms with Crippen LogP contribution in [0.1, 0.15) is 22.7 Å². The second-order valence-corrected chi connectivity index (χ2v) is 9.50. The summed E-state index contributed by atoms with van der Waals surface area (Å²) in [6, 6.07) is 17.1. The second-order valence-electron chi connectivity index (χ2n) is 7.59. The quantitative estimate of drug-likeness (QED) is 0.820. The Hall–Kier alpha value is -2.20. The topological polar surface area (TPSA) is 64.4 Å². The number of nitriles is 1. The summed E-state index contributed by atoms with van der Waals surface area (Å²) in [4.78, 5) is 2.47. The van der Waals surface area contributed by atoms with Gasteiger partial charge in [-0.3, -0.25) is 4.90 Å². The van der Waals surface area contributed by atoms with E-state index in [-0.39, 0.29) is 22.4 Å². The molecule has 0 radical (unpaired) electrons. The standard InChI is InChI=1S/C21H23N3O2S/c1-15-7-3-5-9-18(15)21-19-14-24(13-17(19)12-23(21)2)27(25,26)20-10-6-4-8-16(20)11-22/h3-10,17,19,21H,12-14H2,1-2H3/t17-,19+,21-/m0/s1. The molecule has 2 aromatic rings. The SMILES string of the molecule is Cc1ccccc1[C@H]1[C@@H]2CN(S(=O)(=O)c3ccccc3C#N)C[C@@H]2CN1C. The van der Waals surface area contributed by atoms with Crippen LogP contribution in [0.3, 0.4) is 0 Å². The number of rotatable bonds is 3. The average Bonchev–Trinajstić information content (AvgIpc) is 3.20. The van der Waals surface area contributed by atoms with Crippen molar-refractivity contribution in [1.82, 2.24) is 9.21 Å². The van der Waals surface area contributed by atoms with E-state index in [1.807, 2.05) is 12.1 Å². The zero-order chi connectivity index (χ0) is 19.2. The first-order chi connectivity index (χ1) is 12.9. The molecule has 0 aliphatic carbocycles. The van der Waals surface area contributed by atoms with Crippen molar-refractivity contribution < 1.29 is 8.42 Å². The van der Waals surface area contributed by atoms with Gasteiger partial charge >= 0.3 is 0 Å². The smallest absolute Gasteiger partial charge is 0.244 e. The number of sulfonamides is 1. The molecule has 0 amide bonds. The Kier molecular flexibility index (Phi) is 4.55. The monoisotopic (exact) mass is 381 g/mol. The number of hydrogen-bond acceptors (Lipinski definition) is 4. The highest BCUT2D eigenvalue weighted by Gasteiger charge is 2.49. The summed E-state index contributed by atoms with van der Waals surface area (Å²) in [5.74, 6) is 0.573. The third-order valence-corrected chi connectivity index (χ3v) is 7.88. The van der Waals surface area contributed by atoms with Crippen LogP contribution in [-0.4, -0.2) is 44.3 Å².